The van der Waals surface area contributed by atoms with Crippen molar-refractivity contribution in [1.82, 2.24) is 14.7 Å². The summed E-state index contributed by atoms with van der Waals surface area (Å²) in [6.45, 7) is 3.53. The van der Waals surface area contributed by atoms with Crippen LogP contribution in [-0.2, 0) is 16.0 Å². The van der Waals surface area contributed by atoms with Crippen LogP contribution >= 0.6 is 0 Å². The van der Waals surface area contributed by atoms with Crippen LogP contribution in [0.15, 0.2) is 36.8 Å². The first-order valence-electron chi connectivity index (χ1n) is 8.00. The lowest BCUT2D eigenvalue weighted by molar-refractivity contribution is -0.124. The van der Waals surface area contributed by atoms with Crippen LogP contribution in [0.5, 0.6) is 0 Å². The summed E-state index contributed by atoms with van der Waals surface area (Å²) in [5.41, 5.74) is 7.62. The number of benzene rings is 1. The number of cyclic esters (lactones) is 1. The molecule has 1 aromatic carbocycles. The smallest absolute Gasteiger partial charge is 0.439 e. The summed E-state index contributed by atoms with van der Waals surface area (Å²) in [6.07, 6.45) is 2.36. The Labute approximate surface area is 144 Å². The van der Waals surface area contributed by atoms with Gasteiger partial charge in [0, 0.05) is 11.9 Å². The predicted molar refractivity (Wildman–Crippen MR) is 87.3 cm³/mol. The van der Waals surface area contributed by atoms with Crippen molar-refractivity contribution in [2.45, 2.75) is 32.4 Å². The van der Waals surface area contributed by atoms with E-state index in [2.05, 4.69) is 4.98 Å². The minimum atomic E-state index is -1.12. The largest absolute Gasteiger partial charge is 0.441 e. The number of carbonyl (C=O) groups is 2. The van der Waals surface area contributed by atoms with Gasteiger partial charge in [-0.25, -0.2) is 9.78 Å². The highest BCUT2D eigenvalue weighted by molar-refractivity contribution is 5.79. The number of nitrogens with two attached hydrogens (primary N) is 1. The maximum absolute atomic E-state index is 14.2. The molecule has 1 fully saturated rings. The molecule has 2 heterocycles. The normalized spacial score (nSPS) is 21.2. The average Bonchev–Trinajstić information content (AvgIpc) is 3.20. The summed E-state index contributed by atoms with van der Waals surface area (Å²) in [5.74, 6) is -1.46. The molecule has 1 saturated heterocycles. The lowest BCUT2D eigenvalue weighted by Gasteiger charge is -2.22. The van der Waals surface area contributed by atoms with Gasteiger partial charge in [-0.15, -0.1) is 5.12 Å². The molecule has 1 aliphatic rings. The van der Waals surface area contributed by atoms with E-state index < -0.39 is 30.1 Å². The van der Waals surface area contributed by atoms with Crippen LogP contribution in [0.25, 0.3) is 5.69 Å². The van der Waals surface area contributed by atoms with Crippen molar-refractivity contribution in [1.29, 1.82) is 0 Å². The van der Waals surface area contributed by atoms with Crippen molar-refractivity contribution >= 4 is 12.0 Å². The van der Waals surface area contributed by atoms with Crippen molar-refractivity contribution in [2.75, 3.05) is 0 Å². The fraction of sp³-hybridized carbons (Fsp3) is 0.353. The highest BCUT2D eigenvalue weighted by Crippen LogP contribution is 2.37. The summed E-state index contributed by atoms with van der Waals surface area (Å²) in [6, 6.07) is 5.96. The van der Waals surface area contributed by atoms with Crippen molar-refractivity contribution in [3.8, 4) is 5.69 Å². The van der Waals surface area contributed by atoms with Gasteiger partial charge < -0.3 is 15.0 Å². The summed E-state index contributed by atoms with van der Waals surface area (Å²) < 4.78 is 21.1. The number of primary amides is 1. The molecule has 3 atom stereocenters. The molecule has 7 nitrogen and oxygen atoms in total. The van der Waals surface area contributed by atoms with Crippen molar-refractivity contribution in [3.63, 3.8) is 0 Å². The fourth-order valence-corrected chi connectivity index (χ4v) is 2.86. The lowest BCUT2D eigenvalue weighted by Crippen LogP contribution is -2.35. The van der Waals surface area contributed by atoms with E-state index in [0.717, 1.165) is 17.8 Å². The Morgan fingerprint density at radius 2 is 2.08 bits per heavy atom. The molecule has 25 heavy (non-hydrogen) atoms. The Hall–Kier alpha value is -2.90. The number of rotatable bonds is 5. The molecular weight excluding hydrogens is 327 g/mol. The lowest BCUT2D eigenvalue weighted by atomic mass is 9.92. The molecule has 0 aliphatic carbocycles. The molecule has 8 heteroatoms. The second-order valence-electron chi connectivity index (χ2n) is 6.01. The summed E-state index contributed by atoms with van der Waals surface area (Å²) in [7, 11) is 0. The Balaban J connectivity index is 1.89. The Morgan fingerprint density at radius 3 is 2.64 bits per heavy atom. The van der Waals surface area contributed by atoms with Gasteiger partial charge in [0.15, 0.2) is 0 Å². The van der Waals surface area contributed by atoms with Gasteiger partial charge in [0.05, 0.1) is 17.9 Å². The van der Waals surface area contributed by atoms with Crippen LogP contribution in [0.4, 0.5) is 9.28 Å². The summed E-state index contributed by atoms with van der Waals surface area (Å²) in [4.78, 5) is 27.3. The first-order valence-corrected chi connectivity index (χ1v) is 8.00. The van der Waals surface area contributed by atoms with E-state index in [1.807, 2.05) is 17.7 Å². The molecule has 0 radical (unpaired) electrons. The van der Waals surface area contributed by atoms with Gasteiger partial charge >= 0.3 is 6.09 Å². The monoisotopic (exact) mass is 346 g/mol. The molecule has 1 aromatic heterocycles. The Kier molecular flexibility index (Phi) is 4.43. The minimum absolute atomic E-state index is 0.00547. The van der Waals surface area contributed by atoms with Gasteiger partial charge in [0.1, 0.15) is 12.1 Å². The number of aromatic nitrogens is 2. The third-order valence-electron chi connectivity index (χ3n) is 4.44. The quantitative estimate of drug-likeness (QED) is 0.841. The number of aryl methyl sites for hydroxylation is 1. The van der Waals surface area contributed by atoms with Crippen LogP contribution in [-0.4, -0.2) is 32.8 Å². The van der Waals surface area contributed by atoms with Gasteiger partial charge in [0.25, 0.3) is 0 Å². The van der Waals surface area contributed by atoms with Gasteiger partial charge in [0.2, 0.25) is 5.91 Å². The molecule has 1 aliphatic heterocycles. The summed E-state index contributed by atoms with van der Waals surface area (Å²) >= 11 is 0. The zero-order chi connectivity index (χ0) is 18.1. The molecule has 0 saturated carbocycles. The van der Waals surface area contributed by atoms with Crippen LogP contribution in [0.1, 0.15) is 31.1 Å². The molecule has 3 unspecified atom stereocenters. The SMILES string of the molecule is CCc1cn(-c2ccc(C3C(C(C)C(N)=O)OC(=O)N3F)cc2)cn1. The van der Waals surface area contributed by atoms with Crippen molar-refractivity contribution in [3.05, 3.63) is 48.0 Å². The van der Waals surface area contributed by atoms with E-state index >= 15 is 0 Å². The van der Waals surface area contributed by atoms with Crippen molar-refractivity contribution < 1.29 is 18.8 Å². The van der Waals surface area contributed by atoms with E-state index in [9.17, 15) is 14.1 Å². The second-order valence-corrected chi connectivity index (χ2v) is 6.01. The number of carbonyl (C=O) groups excluding carboxylic acids is 2. The van der Waals surface area contributed by atoms with Gasteiger partial charge in [-0.1, -0.05) is 23.5 Å². The number of ether oxygens (including phenoxy) is 1. The topological polar surface area (TPSA) is 90.4 Å². The average molecular weight is 346 g/mol. The maximum Gasteiger partial charge on any atom is 0.439 e. The maximum atomic E-state index is 14.2. The zero-order valence-corrected chi connectivity index (χ0v) is 13.9. The van der Waals surface area contributed by atoms with Gasteiger partial charge in [-0.05, 0) is 31.0 Å². The van der Waals surface area contributed by atoms with Crippen molar-refractivity contribution in [2.24, 2.45) is 11.7 Å². The third-order valence-corrected chi connectivity index (χ3v) is 4.44. The van der Waals surface area contributed by atoms with E-state index in [4.69, 9.17) is 10.5 Å². The third kappa shape index (κ3) is 3.07. The fourth-order valence-electron chi connectivity index (χ4n) is 2.86. The summed E-state index contributed by atoms with van der Waals surface area (Å²) in [5, 5.41) is 0.00547. The number of imidazole rings is 1. The highest BCUT2D eigenvalue weighted by atomic mass is 19.2. The minimum Gasteiger partial charge on any atom is -0.441 e. The predicted octanol–water partition coefficient (Wildman–Crippen LogP) is 2.30. The number of hydrogen-bond acceptors (Lipinski definition) is 4. The molecule has 2 amide bonds. The van der Waals surface area contributed by atoms with E-state index in [1.54, 1.807) is 30.6 Å². The Morgan fingerprint density at radius 1 is 1.40 bits per heavy atom. The first kappa shape index (κ1) is 16.9. The van der Waals surface area contributed by atoms with E-state index in [0.29, 0.717) is 5.56 Å². The Bertz CT molecular complexity index is 789. The van der Waals surface area contributed by atoms with Crippen LogP contribution < -0.4 is 5.73 Å². The van der Waals surface area contributed by atoms with Gasteiger partial charge in [-0.2, -0.15) is 0 Å². The number of halogens is 1. The molecule has 2 aromatic rings. The standard InChI is InChI=1S/C17H19FN4O3/c1-3-12-8-21(9-20-12)13-6-4-11(5-7-13)14-15(10(2)16(19)23)25-17(24)22(14)18/h4-10,14-15H,3H2,1-2H3,(H2,19,23). The number of nitrogens with zero attached hydrogens (tertiary/aromatic N) is 3. The molecular formula is C17H19FN4O3. The molecule has 3 rings (SSSR count). The molecule has 132 valence electrons. The highest BCUT2D eigenvalue weighted by Gasteiger charge is 2.47. The van der Waals surface area contributed by atoms with E-state index in [1.165, 1.54) is 6.92 Å². The first-order chi connectivity index (χ1) is 11.9. The zero-order valence-electron chi connectivity index (χ0n) is 13.9. The molecule has 0 bridgehead atoms. The van der Waals surface area contributed by atoms with Crippen LogP contribution in [0, 0.1) is 5.92 Å². The number of amides is 2. The number of hydrogen-bond donors (Lipinski definition) is 1. The van der Waals surface area contributed by atoms with Gasteiger partial charge in [-0.3, -0.25) is 4.79 Å². The molecule has 0 spiro atoms. The van der Waals surface area contributed by atoms with Crippen LogP contribution in [0.3, 0.4) is 0 Å². The molecule has 2 N–H and O–H groups in total. The van der Waals surface area contributed by atoms with E-state index in [-0.39, 0.29) is 5.12 Å². The van der Waals surface area contributed by atoms with Crippen LogP contribution in [0.2, 0.25) is 0 Å². The second kappa shape index (κ2) is 6.54.